The number of nitrogens with one attached hydrogen (secondary N) is 1. The van der Waals surface area contributed by atoms with Gasteiger partial charge < -0.3 is 9.73 Å². The van der Waals surface area contributed by atoms with E-state index in [1.54, 1.807) is 12.1 Å². The Morgan fingerprint density at radius 1 is 1.28 bits per heavy atom. The molecule has 2 aromatic rings. The van der Waals surface area contributed by atoms with Gasteiger partial charge in [0.25, 0.3) is 0 Å². The van der Waals surface area contributed by atoms with E-state index in [1.165, 1.54) is 6.26 Å². The van der Waals surface area contributed by atoms with Gasteiger partial charge in [-0.05, 0) is 23.8 Å². The predicted octanol–water partition coefficient (Wildman–Crippen LogP) is 2.63. The molecule has 1 aromatic heterocycles. The number of hydrogen-bond acceptors (Lipinski definition) is 4. The van der Waals surface area contributed by atoms with Crippen molar-refractivity contribution >= 4 is 5.69 Å². The van der Waals surface area contributed by atoms with Crippen LogP contribution in [0.15, 0.2) is 47.1 Å². The van der Waals surface area contributed by atoms with E-state index in [1.807, 2.05) is 24.3 Å². The van der Waals surface area contributed by atoms with Gasteiger partial charge in [-0.1, -0.05) is 18.2 Å². The molecule has 1 aromatic carbocycles. The molecule has 1 N–H and O–H groups in total. The number of nitro groups is 1. The first kappa shape index (κ1) is 10.8. The fraction of sp³-hybridized carbons (Fsp3) is 0.231. The molecule has 1 aliphatic heterocycles. The van der Waals surface area contributed by atoms with Crippen molar-refractivity contribution in [3.8, 4) is 0 Å². The topological polar surface area (TPSA) is 68.3 Å². The van der Waals surface area contributed by atoms with Gasteiger partial charge in [0.2, 0.25) is 6.04 Å². The monoisotopic (exact) mass is 244 g/mol. The molecular weight excluding hydrogens is 232 g/mol. The minimum atomic E-state index is -0.703. The molecule has 18 heavy (non-hydrogen) atoms. The Bertz CT molecular complexity index is 565. The number of rotatable bonds is 2. The van der Waals surface area contributed by atoms with Crippen LogP contribution in [0.4, 0.5) is 5.69 Å². The van der Waals surface area contributed by atoms with Crippen LogP contribution in [0.5, 0.6) is 0 Å². The van der Waals surface area contributed by atoms with Gasteiger partial charge in [0.15, 0.2) is 6.04 Å². The summed E-state index contributed by atoms with van der Waals surface area (Å²) in [5, 5.41) is 14.4. The first-order valence-electron chi connectivity index (χ1n) is 5.77. The number of hydrogen-bond donors (Lipinski definition) is 1. The minimum Gasteiger partial charge on any atom is -0.467 e. The van der Waals surface area contributed by atoms with E-state index in [2.05, 4.69) is 5.32 Å². The third-order valence-corrected chi connectivity index (χ3v) is 3.26. The van der Waals surface area contributed by atoms with Crippen molar-refractivity contribution in [2.24, 2.45) is 0 Å². The smallest absolute Gasteiger partial charge is 0.244 e. The Balaban J connectivity index is 2.01. The Kier molecular flexibility index (Phi) is 2.51. The lowest BCUT2D eigenvalue weighted by Crippen LogP contribution is -2.37. The van der Waals surface area contributed by atoms with E-state index in [4.69, 9.17) is 4.42 Å². The van der Waals surface area contributed by atoms with Crippen LogP contribution in [-0.2, 0) is 6.42 Å². The number of furan rings is 1. The summed E-state index contributed by atoms with van der Waals surface area (Å²) in [6.45, 7) is 0. The molecule has 5 nitrogen and oxygen atoms in total. The second-order valence-corrected chi connectivity index (χ2v) is 4.35. The maximum atomic E-state index is 11.2. The van der Waals surface area contributed by atoms with Gasteiger partial charge in [-0.3, -0.25) is 10.1 Å². The van der Waals surface area contributed by atoms with E-state index in [-0.39, 0.29) is 4.92 Å². The van der Waals surface area contributed by atoms with Crippen LogP contribution in [0.25, 0.3) is 0 Å². The highest BCUT2D eigenvalue weighted by molar-refractivity contribution is 5.55. The molecule has 0 saturated heterocycles. The van der Waals surface area contributed by atoms with Crippen LogP contribution < -0.4 is 5.32 Å². The van der Waals surface area contributed by atoms with E-state index < -0.39 is 12.1 Å². The molecule has 0 aliphatic carbocycles. The number of para-hydroxylation sites is 1. The SMILES string of the molecule is O=[N+]([O-])[C@H]1Cc2ccccc2N[C@H]1c1ccco1. The van der Waals surface area contributed by atoms with E-state index >= 15 is 0 Å². The zero-order valence-electron chi connectivity index (χ0n) is 9.58. The Morgan fingerprint density at radius 2 is 2.11 bits per heavy atom. The highest BCUT2D eigenvalue weighted by atomic mass is 16.6. The molecular formula is C13H12N2O3. The van der Waals surface area contributed by atoms with E-state index in [0.717, 1.165) is 11.3 Å². The third kappa shape index (κ3) is 1.73. The molecule has 2 heterocycles. The van der Waals surface area contributed by atoms with Gasteiger partial charge in [0.05, 0.1) is 6.26 Å². The number of anilines is 1. The van der Waals surface area contributed by atoms with Crippen LogP contribution in [0.1, 0.15) is 17.4 Å². The van der Waals surface area contributed by atoms with Crippen LogP contribution >= 0.6 is 0 Å². The molecule has 1 aliphatic rings. The number of nitrogens with zero attached hydrogens (tertiary/aromatic N) is 1. The zero-order valence-corrected chi connectivity index (χ0v) is 9.58. The van der Waals surface area contributed by atoms with E-state index in [0.29, 0.717) is 12.2 Å². The first-order valence-corrected chi connectivity index (χ1v) is 5.77. The molecule has 2 atom stereocenters. The summed E-state index contributed by atoms with van der Waals surface area (Å²) in [5.74, 6) is 0.603. The Morgan fingerprint density at radius 3 is 2.83 bits per heavy atom. The summed E-state index contributed by atoms with van der Waals surface area (Å²) in [6, 6.07) is 10.0. The van der Waals surface area contributed by atoms with Gasteiger partial charge >= 0.3 is 0 Å². The molecule has 3 rings (SSSR count). The van der Waals surface area contributed by atoms with Crippen LogP contribution in [-0.4, -0.2) is 11.0 Å². The summed E-state index contributed by atoms with van der Waals surface area (Å²) in [7, 11) is 0. The fourth-order valence-corrected chi connectivity index (χ4v) is 2.37. The highest BCUT2D eigenvalue weighted by Gasteiger charge is 2.38. The van der Waals surface area contributed by atoms with Gasteiger partial charge in [-0.2, -0.15) is 0 Å². The van der Waals surface area contributed by atoms with Crippen molar-refractivity contribution in [1.82, 2.24) is 0 Å². The average molecular weight is 244 g/mol. The third-order valence-electron chi connectivity index (χ3n) is 3.26. The average Bonchev–Trinajstić information content (AvgIpc) is 2.91. The predicted molar refractivity (Wildman–Crippen MR) is 66.0 cm³/mol. The van der Waals surface area contributed by atoms with Gasteiger partial charge in [-0.15, -0.1) is 0 Å². The lowest BCUT2D eigenvalue weighted by Gasteiger charge is -2.28. The van der Waals surface area contributed by atoms with Gasteiger partial charge in [0.1, 0.15) is 5.76 Å². The lowest BCUT2D eigenvalue weighted by molar-refractivity contribution is -0.526. The fourth-order valence-electron chi connectivity index (χ4n) is 2.37. The van der Waals surface area contributed by atoms with Crippen molar-refractivity contribution in [3.63, 3.8) is 0 Å². The number of fused-ring (bicyclic) bond motifs is 1. The molecule has 0 unspecified atom stereocenters. The standard InChI is InChI=1S/C13H12N2O3/c16-15(17)11-8-9-4-1-2-5-10(9)14-13(11)12-6-3-7-18-12/h1-7,11,13-14H,8H2/t11-,13+/m0/s1. The van der Waals surface area contributed by atoms with Gasteiger partial charge in [0, 0.05) is 17.0 Å². The van der Waals surface area contributed by atoms with Crippen LogP contribution in [0, 0.1) is 10.1 Å². The largest absolute Gasteiger partial charge is 0.467 e. The second kappa shape index (κ2) is 4.18. The first-order chi connectivity index (χ1) is 8.75. The molecule has 0 amide bonds. The zero-order chi connectivity index (χ0) is 12.5. The van der Waals surface area contributed by atoms with Crippen molar-refractivity contribution in [3.05, 3.63) is 64.1 Å². The lowest BCUT2D eigenvalue weighted by atomic mass is 9.92. The van der Waals surface area contributed by atoms with E-state index in [9.17, 15) is 10.1 Å². The summed E-state index contributed by atoms with van der Waals surface area (Å²) in [5.41, 5.74) is 1.92. The quantitative estimate of drug-likeness (QED) is 0.651. The second-order valence-electron chi connectivity index (χ2n) is 4.35. The summed E-state index contributed by atoms with van der Waals surface area (Å²) in [4.78, 5) is 11.0. The summed E-state index contributed by atoms with van der Waals surface area (Å²) >= 11 is 0. The molecule has 0 radical (unpaired) electrons. The maximum Gasteiger partial charge on any atom is 0.244 e. The van der Waals surface area contributed by atoms with Crippen molar-refractivity contribution in [2.45, 2.75) is 18.5 Å². The maximum absolute atomic E-state index is 11.2. The molecule has 92 valence electrons. The van der Waals surface area contributed by atoms with Crippen molar-refractivity contribution in [2.75, 3.05) is 5.32 Å². The van der Waals surface area contributed by atoms with Crippen LogP contribution in [0.2, 0.25) is 0 Å². The molecule has 0 bridgehead atoms. The molecule has 0 spiro atoms. The Hall–Kier alpha value is -2.30. The summed E-state index contributed by atoms with van der Waals surface area (Å²) in [6.07, 6.45) is 1.95. The van der Waals surface area contributed by atoms with Crippen molar-refractivity contribution in [1.29, 1.82) is 0 Å². The molecule has 0 saturated carbocycles. The highest BCUT2D eigenvalue weighted by Crippen LogP contribution is 2.34. The normalized spacial score (nSPS) is 22.0. The minimum absolute atomic E-state index is 0.240. The van der Waals surface area contributed by atoms with Gasteiger partial charge in [-0.25, -0.2) is 0 Å². The van der Waals surface area contributed by atoms with Crippen molar-refractivity contribution < 1.29 is 9.34 Å². The Labute approximate surface area is 104 Å². The molecule has 5 heteroatoms. The van der Waals surface area contributed by atoms with Crippen LogP contribution in [0.3, 0.4) is 0 Å². The number of benzene rings is 1. The molecule has 0 fully saturated rings. The summed E-state index contributed by atoms with van der Waals surface area (Å²) < 4.78 is 5.30.